The van der Waals surface area contributed by atoms with Crippen molar-refractivity contribution >= 4 is 17.5 Å². The van der Waals surface area contributed by atoms with Crippen molar-refractivity contribution in [3.05, 3.63) is 48.3 Å². The number of para-hydroxylation sites is 1. The number of carbonyl (C=O) groups excluding carboxylic acids is 1. The Kier molecular flexibility index (Phi) is 4.18. The first kappa shape index (κ1) is 13.4. The minimum Gasteiger partial charge on any atom is -0.312 e. The van der Waals surface area contributed by atoms with Gasteiger partial charge in [-0.25, -0.2) is 4.68 Å². The lowest BCUT2D eigenvalue weighted by Gasteiger charge is -2.22. The summed E-state index contributed by atoms with van der Waals surface area (Å²) in [5.41, 5.74) is 1.58. The van der Waals surface area contributed by atoms with Crippen LogP contribution in [-0.2, 0) is 0 Å². The van der Waals surface area contributed by atoms with Crippen LogP contribution in [0.2, 0.25) is 0 Å². The average molecular weight is 287 g/mol. The van der Waals surface area contributed by atoms with E-state index < -0.39 is 0 Å². The minimum atomic E-state index is 0.145. The van der Waals surface area contributed by atoms with Crippen molar-refractivity contribution in [2.45, 2.75) is 12.5 Å². The number of aromatic nitrogens is 2. The number of nitrogens with one attached hydrogen (secondary N) is 1. The summed E-state index contributed by atoms with van der Waals surface area (Å²) in [5.74, 6) is 2.28. The van der Waals surface area contributed by atoms with Crippen molar-refractivity contribution in [1.82, 2.24) is 15.1 Å². The average Bonchev–Trinajstić information content (AvgIpc) is 2.99. The molecule has 20 heavy (non-hydrogen) atoms. The number of benzene rings is 1. The standard InChI is InChI=1S/C15H17N3OS/c19-15(10-12-11-20-9-8-16-12)14-6-7-17-18(14)13-4-2-1-3-5-13/h1-7,12,16H,8-11H2. The molecule has 1 atom stereocenters. The highest BCUT2D eigenvalue weighted by Gasteiger charge is 2.20. The van der Waals surface area contributed by atoms with E-state index in [9.17, 15) is 4.79 Å². The summed E-state index contributed by atoms with van der Waals surface area (Å²) in [6, 6.07) is 11.8. The molecule has 0 saturated carbocycles. The summed E-state index contributed by atoms with van der Waals surface area (Å²) in [6.45, 7) is 0.987. The van der Waals surface area contributed by atoms with Gasteiger partial charge < -0.3 is 5.32 Å². The Hall–Kier alpha value is -1.59. The third-order valence-corrected chi connectivity index (χ3v) is 4.49. The van der Waals surface area contributed by atoms with Gasteiger partial charge in [0.05, 0.1) is 11.9 Å². The molecule has 0 bridgehead atoms. The third-order valence-electron chi connectivity index (χ3n) is 3.36. The van der Waals surface area contributed by atoms with Gasteiger partial charge in [0.15, 0.2) is 5.78 Å². The van der Waals surface area contributed by atoms with Gasteiger partial charge in [0.25, 0.3) is 0 Å². The number of Topliss-reactive ketones (excluding diaryl/α,β-unsaturated/α-hetero) is 1. The van der Waals surface area contributed by atoms with E-state index in [-0.39, 0.29) is 11.8 Å². The molecule has 1 saturated heterocycles. The van der Waals surface area contributed by atoms with Gasteiger partial charge in [0.2, 0.25) is 0 Å². The lowest BCUT2D eigenvalue weighted by Crippen LogP contribution is -2.39. The van der Waals surface area contributed by atoms with Crippen molar-refractivity contribution in [2.24, 2.45) is 0 Å². The zero-order valence-electron chi connectivity index (χ0n) is 11.2. The lowest BCUT2D eigenvalue weighted by atomic mass is 10.1. The second-order valence-corrected chi connectivity index (χ2v) is 5.97. The molecule has 1 unspecified atom stereocenters. The molecule has 104 valence electrons. The number of rotatable bonds is 4. The quantitative estimate of drug-likeness (QED) is 0.875. The maximum atomic E-state index is 12.5. The van der Waals surface area contributed by atoms with Gasteiger partial charge in [-0.1, -0.05) is 18.2 Å². The molecule has 3 rings (SSSR count). The zero-order valence-corrected chi connectivity index (χ0v) is 12.0. The molecule has 1 aliphatic heterocycles. The summed E-state index contributed by atoms with van der Waals surface area (Å²) in [7, 11) is 0. The summed E-state index contributed by atoms with van der Waals surface area (Å²) in [4.78, 5) is 12.5. The summed E-state index contributed by atoms with van der Waals surface area (Å²) in [6.07, 6.45) is 2.22. The normalized spacial score (nSPS) is 18.9. The van der Waals surface area contributed by atoms with Gasteiger partial charge in [-0.3, -0.25) is 4.79 Å². The van der Waals surface area contributed by atoms with Crippen LogP contribution in [-0.4, -0.2) is 39.7 Å². The van der Waals surface area contributed by atoms with Crippen LogP contribution >= 0.6 is 11.8 Å². The Morgan fingerprint density at radius 3 is 2.95 bits per heavy atom. The molecule has 1 fully saturated rings. The lowest BCUT2D eigenvalue weighted by molar-refractivity contribution is 0.0964. The highest BCUT2D eigenvalue weighted by molar-refractivity contribution is 7.99. The summed E-state index contributed by atoms with van der Waals surface area (Å²) >= 11 is 1.91. The Morgan fingerprint density at radius 2 is 2.20 bits per heavy atom. The number of hydrogen-bond donors (Lipinski definition) is 1. The van der Waals surface area contributed by atoms with Gasteiger partial charge in [-0.2, -0.15) is 16.9 Å². The van der Waals surface area contributed by atoms with Crippen LogP contribution in [0.4, 0.5) is 0 Å². The van der Waals surface area contributed by atoms with E-state index in [1.807, 2.05) is 42.1 Å². The molecule has 0 radical (unpaired) electrons. The molecule has 5 heteroatoms. The van der Waals surface area contributed by atoms with Crippen molar-refractivity contribution in [1.29, 1.82) is 0 Å². The Bertz CT molecular complexity index is 576. The highest BCUT2D eigenvalue weighted by Crippen LogP contribution is 2.15. The van der Waals surface area contributed by atoms with E-state index in [0.29, 0.717) is 12.1 Å². The number of hydrogen-bond acceptors (Lipinski definition) is 4. The first-order chi connectivity index (χ1) is 9.84. The fourth-order valence-electron chi connectivity index (χ4n) is 2.37. The maximum Gasteiger partial charge on any atom is 0.182 e. The fourth-order valence-corrected chi connectivity index (χ4v) is 3.32. The Morgan fingerprint density at radius 1 is 1.35 bits per heavy atom. The van der Waals surface area contributed by atoms with Gasteiger partial charge in [-0.15, -0.1) is 0 Å². The van der Waals surface area contributed by atoms with Crippen LogP contribution in [0, 0.1) is 0 Å². The summed E-state index contributed by atoms with van der Waals surface area (Å²) < 4.78 is 1.72. The fraction of sp³-hybridized carbons (Fsp3) is 0.333. The van der Waals surface area contributed by atoms with E-state index in [1.54, 1.807) is 16.9 Å². The van der Waals surface area contributed by atoms with Gasteiger partial charge in [0, 0.05) is 30.5 Å². The van der Waals surface area contributed by atoms with E-state index in [4.69, 9.17) is 0 Å². The van der Waals surface area contributed by atoms with Crippen LogP contribution < -0.4 is 5.32 Å². The second-order valence-electron chi connectivity index (χ2n) is 4.82. The van der Waals surface area contributed by atoms with E-state index in [0.717, 1.165) is 23.7 Å². The monoisotopic (exact) mass is 287 g/mol. The number of ketones is 1. The van der Waals surface area contributed by atoms with E-state index >= 15 is 0 Å². The van der Waals surface area contributed by atoms with Gasteiger partial charge in [-0.05, 0) is 18.2 Å². The topological polar surface area (TPSA) is 46.9 Å². The Labute approximate surface area is 122 Å². The predicted molar refractivity (Wildman–Crippen MR) is 81.6 cm³/mol. The van der Waals surface area contributed by atoms with Crippen LogP contribution in [0.3, 0.4) is 0 Å². The molecule has 0 spiro atoms. The van der Waals surface area contributed by atoms with E-state index in [1.165, 1.54) is 0 Å². The molecule has 1 aromatic carbocycles. The number of nitrogens with zero attached hydrogens (tertiary/aromatic N) is 2. The van der Waals surface area contributed by atoms with Crippen molar-refractivity contribution in [3.63, 3.8) is 0 Å². The SMILES string of the molecule is O=C(CC1CSCCN1)c1ccnn1-c1ccccc1. The molecule has 2 aromatic rings. The van der Waals surface area contributed by atoms with Crippen LogP contribution in [0.15, 0.2) is 42.6 Å². The molecule has 1 N–H and O–H groups in total. The minimum absolute atomic E-state index is 0.145. The molecule has 1 aromatic heterocycles. The van der Waals surface area contributed by atoms with Crippen LogP contribution in [0.5, 0.6) is 0 Å². The number of thioether (sulfide) groups is 1. The first-order valence-corrected chi connectivity index (χ1v) is 7.94. The highest BCUT2D eigenvalue weighted by atomic mass is 32.2. The molecule has 0 aliphatic carbocycles. The van der Waals surface area contributed by atoms with Crippen molar-refractivity contribution < 1.29 is 4.79 Å². The third kappa shape index (κ3) is 2.94. The molecule has 0 amide bonds. The maximum absolute atomic E-state index is 12.5. The van der Waals surface area contributed by atoms with Crippen LogP contribution in [0.1, 0.15) is 16.9 Å². The second kappa shape index (κ2) is 6.24. The molecule has 2 heterocycles. The van der Waals surface area contributed by atoms with Crippen molar-refractivity contribution in [2.75, 3.05) is 18.1 Å². The van der Waals surface area contributed by atoms with Gasteiger partial charge in [0.1, 0.15) is 5.69 Å². The molecular weight excluding hydrogens is 270 g/mol. The van der Waals surface area contributed by atoms with E-state index in [2.05, 4.69) is 10.4 Å². The largest absolute Gasteiger partial charge is 0.312 e. The summed E-state index contributed by atoms with van der Waals surface area (Å²) in [5, 5.41) is 7.67. The molecular formula is C15H17N3OS. The molecule has 1 aliphatic rings. The smallest absolute Gasteiger partial charge is 0.182 e. The number of carbonyl (C=O) groups is 1. The molecule has 4 nitrogen and oxygen atoms in total. The van der Waals surface area contributed by atoms with Gasteiger partial charge >= 0.3 is 0 Å². The van der Waals surface area contributed by atoms with Crippen LogP contribution in [0.25, 0.3) is 5.69 Å². The van der Waals surface area contributed by atoms with Crippen molar-refractivity contribution in [3.8, 4) is 5.69 Å². The predicted octanol–water partition coefficient (Wildman–Crippen LogP) is 2.15. The Balaban J connectivity index is 1.77. The zero-order chi connectivity index (χ0) is 13.8. The first-order valence-electron chi connectivity index (χ1n) is 6.78.